The fourth-order valence-corrected chi connectivity index (χ4v) is 2.34. The number of hydrogen-bond acceptors (Lipinski definition) is 2. The predicted octanol–water partition coefficient (Wildman–Crippen LogP) is 4.14. The molecule has 1 unspecified atom stereocenters. The van der Waals surface area contributed by atoms with Crippen molar-refractivity contribution in [3.05, 3.63) is 28.2 Å². The van der Waals surface area contributed by atoms with Gasteiger partial charge in [-0.1, -0.05) is 15.9 Å². The molecule has 0 aliphatic carbocycles. The summed E-state index contributed by atoms with van der Waals surface area (Å²) in [6.45, 7) is 6.26. The lowest BCUT2D eigenvalue weighted by molar-refractivity contribution is -0.137. The molecule has 1 atom stereocenters. The number of halogens is 4. The highest BCUT2D eigenvalue weighted by atomic mass is 79.9. The minimum atomic E-state index is -4.48. The van der Waals surface area contributed by atoms with Crippen LogP contribution in [0.15, 0.2) is 22.7 Å². The van der Waals surface area contributed by atoms with Crippen molar-refractivity contribution < 1.29 is 18.0 Å². The first-order valence-corrected chi connectivity index (χ1v) is 7.42. The van der Waals surface area contributed by atoms with Crippen molar-refractivity contribution in [2.45, 2.75) is 33.0 Å². The Labute approximate surface area is 130 Å². The number of nitrogens with one attached hydrogen (secondary N) is 1. The minimum absolute atomic E-state index is 0.0984. The van der Waals surface area contributed by atoms with Crippen LogP contribution in [0.3, 0.4) is 0 Å². The standard InChI is InChI=1S/C14H18BrF3N2O/c1-4-20(5-2)13(21)9(3)19-12-7-6-10(15)8-11(12)14(16,17)18/h6-9,19H,4-5H2,1-3H3. The van der Waals surface area contributed by atoms with Gasteiger partial charge in [0.1, 0.15) is 6.04 Å². The van der Waals surface area contributed by atoms with E-state index in [1.54, 1.807) is 11.8 Å². The van der Waals surface area contributed by atoms with Crippen LogP contribution in [0, 0.1) is 0 Å². The number of nitrogens with zero attached hydrogens (tertiary/aromatic N) is 1. The molecule has 0 aliphatic heterocycles. The number of hydrogen-bond donors (Lipinski definition) is 1. The average Bonchev–Trinajstić information content (AvgIpc) is 2.40. The lowest BCUT2D eigenvalue weighted by Crippen LogP contribution is -2.41. The molecule has 1 rings (SSSR count). The van der Waals surface area contributed by atoms with Gasteiger partial charge >= 0.3 is 6.18 Å². The molecule has 0 saturated carbocycles. The van der Waals surface area contributed by atoms with Gasteiger partial charge in [-0.2, -0.15) is 13.2 Å². The van der Waals surface area contributed by atoms with Crippen molar-refractivity contribution in [1.82, 2.24) is 4.90 Å². The van der Waals surface area contributed by atoms with Crippen LogP contribution in [0.1, 0.15) is 26.3 Å². The van der Waals surface area contributed by atoms with Gasteiger partial charge in [0.05, 0.1) is 5.56 Å². The van der Waals surface area contributed by atoms with Crippen LogP contribution in [0.2, 0.25) is 0 Å². The third-order valence-corrected chi connectivity index (χ3v) is 3.60. The van der Waals surface area contributed by atoms with Crippen molar-refractivity contribution in [1.29, 1.82) is 0 Å². The van der Waals surface area contributed by atoms with Crippen molar-refractivity contribution >= 4 is 27.5 Å². The topological polar surface area (TPSA) is 32.3 Å². The van der Waals surface area contributed by atoms with E-state index >= 15 is 0 Å². The van der Waals surface area contributed by atoms with E-state index in [1.807, 2.05) is 13.8 Å². The number of alkyl halides is 3. The largest absolute Gasteiger partial charge is 0.418 e. The second-order valence-corrected chi connectivity index (χ2v) is 5.48. The van der Waals surface area contributed by atoms with Gasteiger partial charge in [0, 0.05) is 23.2 Å². The number of likely N-dealkylation sites (N-methyl/N-ethyl adjacent to an activating group) is 1. The van der Waals surface area contributed by atoms with Gasteiger partial charge in [-0.3, -0.25) is 4.79 Å². The lowest BCUT2D eigenvalue weighted by atomic mass is 10.1. The molecule has 7 heteroatoms. The number of carbonyl (C=O) groups is 1. The molecule has 1 aromatic rings. The second kappa shape index (κ2) is 7.15. The summed E-state index contributed by atoms with van der Waals surface area (Å²) in [5.74, 6) is -0.226. The average molecular weight is 367 g/mol. The number of benzene rings is 1. The summed E-state index contributed by atoms with van der Waals surface area (Å²) < 4.78 is 39.4. The zero-order valence-electron chi connectivity index (χ0n) is 12.1. The Morgan fingerprint density at radius 1 is 1.33 bits per heavy atom. The van der Waals surface area contributed by atoms with Crippen LogP contribution in [-0.4, -0.2) is 29.9 Å². The van der Waals surface area contributed by atoms with Crippen molar-refractivity contribution in [2.75, 3.05) is 18.4 Å². The maximum atomic E-state index is 13.0. The van der Waals surface area contributed by atoms with Gasteiger partial charge in [0.25, 0.3) is 0 Å². The second-order valence-electron chi connectivity index (χ2n) is 4.56. The van der Waals surface area contributed by atoms with E-state index in [9.17, 15) is 18.0 Å². The summed E-state index contributed by atoms with van der Waals surface area (Å²) >= 11 is 3.03. The molecule has 21 heavy (non-hydrogen) atoms. The van der Waals surface area contributed by atoms with Gasteiger partial charge in [-0.25, -0.2) is 0 Å². The Kier molecular flexibility index (Phi) is 6.07. The highest BCUT2D eigenvalue weighted by molar-refractivity contribution is 9.10. The number of rotatable bonds is 5. The molecular weight excluding hydrogens is 349 g/mol. The van der Waals surface area contributed by atoms with E-state index in [0.717, 1.165) is 6.07 Å². The van der Waals surface area contributed by atoms with Gasteiger partial charge < -0.3 is 10.2 Å². The first-order chi connectivity index (χ1) is 9.70. The number of amides is 1. The van der Waals surface area contributed by atoms with E-state index in [-0.39, 0.29) is 11.6 Å². The molecule has 0 radical (unpaired) electrons. The first-order valence-electron chi connectivity index (χ1n) is 6.62. The van der Waals surface area contributed by atoms with Gasteiger partial charge in [-0.15, -0.1) is 0 Å². The van der Waals surface area contributed by atoms with Gasteiger partial charge in [0.2, 0.25) is 5.91 Å². The van der Waals surface area contributed by atoms with Gasteiger partial charge in [0.15, 0.2) is 0 Å². The highest BCUT2D eigenvalue weighted by Gasteiger charge is 2.34. The zero-order valence-corrected chi connectivity index (χ0v) is 13.7. The molecule has 0 spiro atoms. The highest BCUT2D eigenvalue weighted by Crippen LogP contribution is 2.36. The Morgan fingerprint density at radius 2 is 1.90 bits per heavy atom. The smallest absolute Gasteiger partial charge is 0.373 e. The number of carbonyl (C=O) groups excluding carboxylic acids is 1. The lowest BCUT2D eigenvalue weighted by Gasteiger charge is -2.25. The molecule has 3 nitrogen and oxygen atoms in total. The first kappa shape index (κ1) is 17.8. The Bertz CT molecular complexity index is 501. The van der Waals surface area contributed by atoms with Crippen LogP contribution in [0.5, 0.6) is 0 Å². The van der Waals surface area contributed by atoms with E-state index < -0.39 is 17.8 Å². The maximum absolute atomic E-state index is 13.0. The summed E-state index contributed by atoms with van der Waals surface area (Å²) in [7, 11) is 0. The molecule has 118 valence electrons. The molecule has 0 heterocycles. The van der Waals surface area contributed by atoms with Crippen LogP contribution >= 0.6 is 15.9 Å². The molecule has 0 saturated heterocycles. The summed E-state index contributed by atoms with van der Waals surface area (Å²) in [6.07, 6.45) is -4.48. The van der Waals surface area contributed by atoms with Crippen molar-refractivity contribution in [3.63, 3.8) is 0 Å². The zero-order chi connectivity index (χ0) is 16.2. The molecule has 0 aliphatic rings. The molecule has 1 amide bonds. The molecule has 0 aromatic heterocycles. The van der Waals surface area contributed by atoms with Crippen LogP contribution < -0.4 is 5.32 Å². The number of anilines is 1. The molecule has 0 bridgehead atoms. The third-order valence-electron chi connectivity index (χ3n) is 3.10. The van der Waals surface area contributed by atoms with E-state index in [4.69, 9.17) is 0 Å². The predicted molar refractivity (Wildman–Crippen MR) is 80.2 cm³/mol. The Balaban J connectivity index is 3.00. The normalized spacial score (nSPS) is 12.9. The van der Waals surface area contributed by atoms with E-state index in [1.165, 1.54) is 12.1 Å². The molecule has 1 aromatic carbocycles. The minimum Gasteiger partial charge on any atom is -0.373 e. The van der Waals surface area contributed by atoms with E-state index in [2.05, 4.69) is 21.2 Å². The third kappa shape index (κ3) is 4.62. The fourth-order valence-electron chi connectivity index (χ4n) is 1.98. The maximum Gasteiger partial charge on any atom is 0.418 e. The molecule has 0 fully saturated rings. The van der Waals surface area contributed by atoms with Crippen LogP contribution in [-0.2, 0) is 11.0 Å². The Hall–Kier alpha value is -1.24. The summed E-state index contributed by atoms with van der Waals surface area (Å²) in [4.78, 5) is 13.7. The van der Waals surface area contributed by atoms with Gasteiger partial charge in [-0.05, 0) is 39.0 Å². The fraction of sp³-hybridized carbons (Fsp3) is 0.500. The summed E-state index contributed by atoms with van der Waals surface area (Å²) in [6, 6.07) is 3.09. The SMILES string of the molecule is CCN(CC)C(=O)C(C)Nc1ccc(Br)cc1C(F)(F)F. The Morgan fingerprint density at radius 3 is 2.38 bits per heavy atom. The monoisotopic (exact) mass is 366 g/mol. The molecule has 1 N–H and O–H groups in total. The van der Waals surface area contributed by atoms with Crippen LogP contribution in [0.25, 0.3) is 0 Å². The van der Waals surface area contributed by atoms with Crippen molar-refractivity contribution in [2.24, 2.45) is 0 Å². The van der Waals surface area contributed by atoms with Crippen molar-refractivity contribution in [3.8, 4) is 0 Å². The van der Waals surface area contributed by atoms with Crippen LogP contribution in [0.4, 0.5) is 18.9 Å². The van der Waals surface area contributed by atoms with E-state index in [0.29, 0.717) is 17.6 Å². The summed E-state index contributed by atoms with van der Waals surface area (Å²) in [5.41, 5.74) is -0.894. The quantitative estimate of drug-likeness (QED) is 0.849. The molecular formula is C14H18BrF3N2O. The summed E-state index contributed by atoms with van der Waals surface area (Å²) in [5, 5.41) is 2.66.